The zero-order chi connectivity index (χ0) is 14.7. The Morgan fingerprint density at radius 3 is 2.65 bits per heavy atom. The van der Waals surface area contributed by atoms with Gasteiger partial charge in [-0.2, -0.15) is 11.3 Å². The summed E-state index contributed by atoms with van der Waals surface area (Å²) in [4.78, 5) is 0. The van der Waals surface area contributed by atoms with E-state index in [2.05, 4.69) is 25.3 Å². The van der Waals surface area contributed by atoms with Crippen LogP contribution in [0.4, 0.5) is 0 Å². The Bertz CT molecular complexity index is 566. The van der Waals surface area contributed by atoms with E-state index in [4.69, 9.17) is 22.1 Å². The van der Waals surface area contributed by atoms with Crippen molar-refractivity contribution in [2.45, 2.75) is 32.8 Å². The lowest BCUT2D eigenvalue weighted by atomic mass is 10.0. The maximum Gasteiger partial charge on any atom is 0.137 e. The van der Waals surface area contributed by atoms with Crippen molar-refractivity contribution in [2.24, 2.45) is 5.73 Å². The Morgan fingerprint density at radius 2 is 2.10 bits per heavy atom. The average Bonchev–Trinajstić information content (AvgIpc) is 2.91. The molecule has 1 unspecified atom stereocenters. The Kier molecular flexibility index (Phi) is 5.08. The van der Waals surface area contributed by atoms with Crippen LogP contribution >= 0.6 is 22.9 Å². The number of benzene rings is 1. The molecule has 1 heterocycles. The topological polar surface area (TPSA) is 35.2 Å². The van der Waals surface area contributed by atoms with Crippen molar-refractivity contribution in [2.75, 3.05) is 6.54 Å². The van der Waals surface area contributed by atoms with Gasteiger partial charge in [0.15, 0.2) is 0 Å². The van der Waals surface area contributed by atoms with Crippen LogP contribution in [-0.4, -0.2) is 6.54 Å². The third-order valence-electron chi connectivity index (χ3n) is 3.31. The molecule has 108 valence electrons. The van der Waals surface area contributed by atoms with E-state index in [0.29, 0.717) is 12.5 Å². The molecule has 4 heteroatoms. The molecular weight excluding hydrogens is 290 g/mol. The van der Waals surface area contributed by atoms with Crippen molar-refractivity contribution in [1.29, 1.82) is 0 Å². The van der Waals surface area contributed by atoms with E-state index in [0.717, 1.165) is 27.5 Å². The van der Waals surface area contributed by atoms with E-state index in [1.54, 1.807) is 11.3 Å². The molecule has 1 aromatic heterocycles. The predicted molar refractivity (Wildman–Crippen MR) is 87.0 cm³/mol. The number of hydrogen-bond donors (Lipinski definition) is 1. The summed E-state index contributed by atoms with van der Waals surface area (Å²) in [5, 5.41) is 4.91. The number of halogens is 1. The minimum atomic E-state index is -0.110. The number of rotatable bonds is 5. The molecule has 0 radical (unpaired) electrons. The number of nitrogens with two attached hydrogens (primary N) is 1. The van der Waals surface area contributed by atoms with Crippen molar-refractivity contribution in [3.05, 3.63) is 50.7 Å². The lowest BCUT2D eigenvalue weighted by Crippen LogP contribution is -2.18. The van der Waals surface area contributed by atoms with E-state index in [-0.39, 0.29) is 6.10 Å². The third-order valence-corrected chi connectivity index (χ3v) is 4.34. The highest BCUT2D eigenvalue weighted by Gasteiger charge is 2.16. The standard InChI is InChI=1S/C16H20ClNOS/c1-10(2)13-7-15(11(3)6-14(13)17)19-16(8-18)12-4-5-20-9-12/h4-7,9-10,16H,8,18H2,1-3H3. The third kappa shape index (κ3) is 3.35. The lowest BCUT2D eigenvalue weighted by Gasteiger charge is -2.20. The zero-order valence-electron chi connectivity index (χ0n) is 12.0. The second-order valence-corrected chi connectivity index (χ2v) is 6.38. The van der Waals surface area contributed by atoms with Gasteiger partial charge in [-0.25, -0.2) is 0 Å². The minimum absolute atomic E-state index is 0.110. The first kappa shape index (κ1) is 15.4. The van der Waals surface area contributed by atoms with Crippen LogP contribution in [0.1, 0.15) is 42.6 Å². The van der Waals surface area contributed by atoms with Gasteiger partial charge in [0.25, 0.3) is 0 Å². The monoisotopic (exact) mass is 309 g/mol. The summed E-state index contributed by atoms with van der Waals surface area (Å²) in [5.41, 5.74) is 9.11. The Labute approximate surface area is 129 Å². The lowest BCUT2D eigenvalue weighted by molar-refractivity contribution is 0.213. The van der Waals surface area contributed by atoms with Crippen LogP contribution in [0.15, 0.2) is 29.0 Å². The van der Waals surface area contributed by atoms with Gasteiger partial charge in [0.2, 0.25) is 0 Å². The fraction of sp³-hybridized carbons (Fsp3) is 0.375. The van der Waals surface area contributed by atoms with Crippen molar-refractivity contribution in [3.63, 3.8) is 0 Å². The zero-order valence-corrected chi connectivity index (χ0v) is 13.6. The van der Waals surface area contributed by atoms with Gasteiger partial charge in [-0.3, -0.25) is 0 Å². The maximum atomic E-state index is 6.29. The summed E-state index contributed by atoms with van der Waals surface area (Å²) < 4.78 is 6.11. The van der Waals surface area contributed by atoms with Gasteiger partial charge in [-0.15, -0.1) is 0 Å². The highest BCUT2D eigenvalue weighted by molar-refractivity contribution is 7.07. The first-order valence-corrected chi connectivity index (χ1v) is 8.03. The molecule has 0 saturated carbocycles. The van der Waals surface area contributed by atoms with E-state index in [1.165, 1.54) is 0 Å². The second-order valence-electron chi connectivity index (χ2n) is 5.19. The molecule has 0 spiro atoms. The fourth-order valence-corrected chi connectivity index (χ4v) is 3.24. The van der Waals surface area contributed by atoms with E-state index in [1.807, 2.05) is 24.4 Å². The van der Waals surface area contributed by atoms with E-state index < -0.39 is 0 Å². The summed E-state index contributed by atoms with van der Waals surface area (Å²) in [6, 6.07) is 6.06. The van der Waals surface area contributed by atoms with Crippen LogP contribution in [0, 0.1) is 6.92 Å². The van der Waals surface area contributed by atoms with Gasteiger partial charge in [0.1, 0.15) is 11.9 Å². The molecule has 0 amide bonds. The summed E-state index contributed by atoms with van der Waals surface area (Å²) in [7, 11) is 0. The normalized spacial score (nSPS) is 12.7. The molecule has 0 saturated heterocycles. The minimum Gasteiger partial charge on any atom is -0.484 e. The molecule has 2 aromatic rings. The van der Waals surface area contributed by atoms with Crippen molar-refractivity contribution < 1.29 is 4.74 Å². The van der Waals surface area contributed by atoms with Crippen LogP contribution < -0.4 is 10.5 Å². The van der Waals surface area contributed by atoms with Crippen LogP contribution in [-0.2, 0) is 0 Å². The quantitative estimate of drug-likeness (QED) is 0.851. The van der Waals surface area contributed by atoms with Crippen LogP contribution in [0.3, 0.4) is 0 Å². The van der Waals surface area contributed by atoms with E-state index in [9.17, 15) is 0 Å². The van der Waals surface area contributed by atoms with Gasteiger partial charge >= 0.3 is 0 Å². The largest absolute Gasteiger partial charge is 0.484 e. The molecule has 0 aliphatic carbocycles. The van der Waals surface area contributed by atoms with Gasteiger partial charge in [-0.1, -0.05) is 25.4 Å². The Balaban J connectivity index is 2.30. The molecule has 1 aromatic carbocycles. The molecule has 0 aliphatic heterocycles. The SMILES string of the molecule is Cc1cc(Cl)c(C(C)C)cc1OC(CN)c1ccsc1. The maximum absolute atomic E-state index is 6.29. The average molecular weight is 310 g/mol. The second kappa shape index (κ2) is 6.61. The highest BCUT2D eigenvalue weighted by atomic mass is 35.5. The number of thiophene rings is 1. The van der Waals surface area contributed by atoms with Gasteiger partial charge in [-0.05, 0) is 52.9 Å². The Hall–Kier alpha value is -1.03. The van der Waals surface area contributed by atoms with Gasteiger partial charge in [0, 0.05) is 17.1 Å². The predicted octanol–water partition coefficient (Wildman–Crippen LogP) is 4.91. The molecule has 2 N–H and O–H groups in total. The molecule has 0 fully saturated rings. The molecule has 0 bridgehead atoms. The number of ether oxygens (including phenoxy) is 1. The number of hydrogen-bond acceptors (Lipinski definition) is 3. The summed E-state index contributed by atoms with van der Waals surface area (Å²) in [6.45, 7) is 6.71. The van der Waals surface area contributed by atoms with Crippen molar-refractivity contribution >= 4 is 22.9 Å². The Morgan fingerprint density at radius 1 is 1.35 bits per heavy atom. The van der Waals surface area contributed by atoms with Gasteiger partial charge < -0.3 is 10.5 Å². The van der Waals surface area contributed by atoms with E-state index >= 15 is 0 Å². The van der Waals surface area contributed by atoms with Crippen LogP contribution in [0.2, 0.25) is 5.02 Å². The smallest absolute Gasteiger partial charge is 0.137 e. The van der Waals surface area contributed by atoms with Gasteiger partial charge in [0.05, 0.1) is 0 Å². The van der Waals surface area contributed by atoms with Crippen LogP contribution in [0.5, 0.6) is 5.75 Å². The summed E-state index contributed by atoms with van der Waals surface area (Å²) in [5.74, 6) is 1.22. The molecule has 0 aliphatic rings. The highest BCUT2D eigenvalue weighted by Crippen LogP contribution is 2.33. The summed E-state index contributed by atoms with van der Waals surface area (Å²) >= 11 is 7.94. The molecular formula is C16H20ClNOS. The first-order valence-electron chi connectivity index (χ1n) is 6.71. The number of aryl methyl sites for hydroxylation is 1. The molecule has 2 nitrogen and oxygen atoms in total. The molecule has 2 rings (SSSR count). The molecule has 20 heavy (non-hydrogen) atoms. The van der Waals surface area contributed by atoms with Crippen molar-refractivity contribution in [3.8, 4) is 5.75 Å². The fourth-order valence-electron chi connectivity index (χ4n) is 2.10. The van der Waals surface area contributed by atoms with Crippen LogP contribution in [0.25, 0.3) is 0 Å². The summed E-state index contributed by atoms with van der Waals surface area (Å²) in [6.07, 6.45) is -0.110. The molecule has 1 atom stereocenters. The van der Waals surface area contributed by atoms with Crippen molar-refractivity contribution in [1.82, 2.24) is 0 Å². The first-order chi connectivity index (χ1) is 9.52.